The molecule has 0 amide bonds. The summed E-state index contributed by atoms with van der Waals surface area (Å²) in [6.07, 6.45) is -3.01. The molecular weight excluding hydrogens is 489 g/mol. The first-order chi connectivity index (χ1) is 16.6. The third-order valence-electron chi connectivity index (χ3n) is 5.00. The summed E-state index contributed by atoms with van der Waals surface area (Å²) in [5, 5.41) is 25.1. The van der Waals surface area contributed by atoms with Crippen LogP contribution in [0.15, 0.2) is 59.8 Å². The predicted molar refractivity (Wildman–Crippen MR) is 120 cm³/mol. The Labute approximate surface area is 197 Å². The maximum atomic E-state index is 12.9. The number of aliphatic hydroxyl groups excluding tert-OH is 1. The monoisotopic (exact) mass is 510 g/mol. The Morgan fingerprint density at radius 2 is 2.00 bits per heavy atom. The first-order valence-electron chi connectivity index (χ1n) is 10.3. The molecule has 0 bridgehead atoms. The molecule has 0 aliphatic rings. The maximum Gasteiger partial charge on any atom is 0.433 e. The van der Waals surface area contributed by atoms with E-state index in [1.54, 1.807) is 18.2 Å². The van der Waals surface area contributed by atoms with Crippen LogP contribution in [0.2, 0.25) is 0 Å². The summed E-state index contributed by atoms with van der Waals surface area (Å²) < 4.78 is 71.3. The van der Waals surface area contributed by atoms with E-state index in [9.17, 15) is 26.7 Å². The van der Waals surface area contributed by atoms with Gasteiger partial charge in [-0.25, -0.2) is 8.42 Å². The summed E-state index contributed by atoms with van der Waals surface area (Å²) >= 11 is 0. The number of aliphatic hydroxyl groups is 1. The number of ether oxygens (including phenoxy) is 1. The molecule has 0 spiro atoms. The number of alkyl halides is 3. The van der Waals surface area contributed by atoms with Crippen LogP contribution in [0.4, 0.5) is 18.9 Å². The zero-order chi connectivity index (χ0) is 25.1. The normalized spacial score (nSPS) is 13.1. The second-order valence-corrected chi connectivity index (χ2v) is 9.19. The highest BCUT2D eigenvalue weighted by Crippen LogP contribution is 2.34. The summed E-state index contributed by atoms with van der Waals surface area (Å²) in [7, 11) is -3.80. The van der Waals surface area contributed by atoms with E-state index in [4.69, 9.17) is 4.74 Å². The van der Waals surface area contributed by atoms with Crippen molar-refractivity contribution < 1.29 is 31.4 Å². The van der Waals surface area contributed by atoms with E-state index in [-0.39, 0.29) is 34.6 Å². The van der Waals surface area contributed by atoms with Crippen molar-refractivity contribution in [3.8, 4) is 5.75 Å². The van der Waals surface area contributed by atoms with Crippen LogP contribution in [-0.4, -0.2) is 53.6 Å². The Kier molecular flexibility index (Phi) is 6.95. The molecule has 2 aromatic carbocycles. The molecule has 0 saturated carbocycles. The van der Waals surface area contributed by atoms with E-state index >= 15 is 0 Å². The van der Waals surface area contributed by atoms with E-state index in [0.717, 1.165) is 0 Å². The lowest BCUT2D eigenvalue weighted by Gasteiger charge is -2.14. The molecule has 5 N–H and O–H groups in total. The smallest absolute Gasteiger partial charge is 0.433 e. The molecular formula is C21H21F3N6O4S. The molecule has 2 heterocycles. The number of benzene rings is 2. The minimum atomic E-state index is -4.52. The number of hydrogen-bond donors (Lipinski definition) is 5. The summed E-state index contributed by atoms with van der Waals surface area (Å²) in [5.74, 6) is 0.359. The van der Waals surface area contributed by atoms with Crippen LogP contribution >= 0.6 is 0 Å². The third kappa shape index (κ3) is 5.90. The fourth-order valence-electron chi connectivity index (χ4n) is 3.30. The molecule has 0 aliphatic heterocycles. The molecule has 0 unspecified atom stereocenters. The fraction of sp³-hybridized carbons (Fsp3) is 0.238. The van der Waals surface area contributed by atoms with Gasteiger partial charge < -0.3 is 15.2 Å². The van der Waals surface area contributed by atoms with Crippen LogP contribution in [0.25, 0.3) is 10.9 Å². The van der Waals surface area contributed by atoms with Gasteiger partial charge in [0.1, 0.15) is 22.9 Å². The molecule has 0 saturated heterocycles. The van der Waals surface area contributed by atoms with E-state index < -0.39 is 28.0 Å². The van der Waals surface area contributed by atoms with Crippen LogP contribution in [0.1, 0.15) is 17.4 Å². The first-order valence-corrected chi connectivity index (χ1v) is 11.8. The van der Waals surface area contributed by atoms with Gasteiger partial charge in [-0.05, 0) is 29.8 Å². The van der Waals surface area contributed by atoms with Crippen LogP contribution in [0.3, 0.4) is 0 Å². The van der Waals surface area contributed by atoms with Crippen LogP contribution in [0, 0.1) is 0 Å². The van der Waals surface area contributed by atoms with Crippen LogP contribution in [0.5, 0.6) is 5.75 Å². The molecule has 4 rings (SSSR count). The second kappa shape index (κ2) is 9.93. The van der Waals surface area contributed by atoms with E-state index in [1.807, 2.05) is 5.10 Å². The minimum absolute atomic E-state index is 0.0163. The molecule has 10 nitrogen and oxygen atoms in total. The number of hydrogen-bond acceptors (Lipinski definition) is 7. The average molecular weight is 510 g/mol. The zero-order valence-corrected chi connectivity index (χ0v) is 18.8. The van der Waals surface area contributed by atoms with Gasteiger partial charge in [0.25, 0.3) is 10.0 Å². The van der Waals surface area contributed by atoms with Crippen molar-refractivity contribution in [1.29, 1.82) is 0 Å². The summed E-state index contributed by atoms with van der Waals surface area (Å²) in [4.78, 5) is -0.0163. The summed E-state index contributed by atoms with van der Waals surface area (Å²) in [5.41, 5.74) is 0.0123. The van der Waals surface area contributed by atoms with Gasteiger partial charge in [-0.1, -0.05) is 12.1 Å². The molecule has 1 atom stereocenters. The fourth-order valence-corrected chi connectivity index (χ4v) is 4.26. The van der Waals surface area contributed by atoms with E-state index in [1.165, 1.54) is 36.7 Å². The Balaban J connectivity index is 1.26. The van der Waals surface area contributed by atoms with E-state index in [2.05, 4.69) is 25.3 Å². The number of anilines is 1. The van der Waals surface area contributed by atoms with Gasteiger partial charge in [-0.2, -0.15) is 23.4 Å². The topological polar surface area (TPSA) is 145 Å². The molecule has 4 aromatic rings. The van der Waals surface area contributed by atoms with Gasteiger partial charge in [0, 0.05) is 36.4 Å². The Hall–Kier alpha value is -3.62. The molecule has 14 heteroatoms. The van der Waals surface area contributed by atoms with Crippen molar-refractivity contribution in [2.45, 2.75) is 17.2 Å². The van der Waals surface area contributed by atoms with Gasteiger partial charge >= 0.3 is 6.18 Å². The largest absolute Gasteiger partial charge is 0.492 e. The van der Waals surface area contributed by atoms with Gasteiger partial charge in [0.05, 0.1) is 17.8 Å². The van der Waals surface area contributed by atoms with Gasteiger partial charge in [0.2, 0.25) is 0 Å². The number of rotatable bonds is 10. The average Bonchev–Trinajstić information content (AvgIpc) is 3.49. The minimum Gasteiger partial charge on any atom is -0.492 e. The standard InChI is InChI=1S/C21H21F3N6O4S/c22-21(23,24)20-17-5-4-15(9-18(17)28-29-20)34-7-6-25-12-19(31)13-2-1-3-14(8-13)30-35(32,33)16-10-26-27-11-16/h1-5,8-11,19,25,30-31H,6-7,12H2,(H,26,27)(H,28,29)/t19-/m0/s1. The molecule has 2 aromatic heterocycles. The Morgan fingerprint density at radius 3 is 2.74 bits per heavy atom. The van der Waals surface area contributed by atoms with Gasteiger partial charge in [-0.15, -0.1) is 0 Å². The van der Waals surface area contributed by atoms with Crippen molar-refractivity contribution >= 4 is 26.6 Å². The maximum absolute atomic E-state index is 12.9. The van der Waals surface area contributed by atoms with Crippen LogP contribution in [-0.2, 0) is 16.2 Å². The van der Waals surface area contributed by atoms with Crippen molar-refractivity contribution in [2.24, 2.45) is 0 Å². The first kappa shape index (κ1) is 24.5. The zero-order valence-electron chi connectivity index (χ0n) is 18.0. The highest BCUT2D eigenvalue weighted by atomic mass is 32.2. The second-order valence-electron chi connectivity index (χ2n) is 7.51. The molecule has 0 fully saturated rings. The van der Waals surface area contributed by atoms with Crippen molar-refractivity contribution in [2.75, 3.05) is 24.4 Å². The Morgan fingerprint density at radius 1 is 1.17 bits per heavy atom. The SMILES string of the molecule is O=S(=O)(Nc1cccc([C@@H](O)CNCCOc2ccc3c(C(F)(F)F)[nH]nc3c2)c1)c1cn[nH]c1. The number of aromatic nitrogens is 4. The lowest BCUT2D eigenvalue weighted by atomic mass is 10.1. The van der Waals surface area contributed by atoms with Crippen molar-refractivity contribution in [3.63, 3.8) is 0 Å². The molecule has 35 heavy (non-hydrogen) atoms. The summed E-state index contributed by atoms with van der Waals surface area (Å²) in [6.45, 7) is 0.699. The lowest BCUT2D eigenvalue weighted by Crippen LogP contribution is -2.26. The number of H-pyrrole nitrogens is 2. The number of halogens is 3. The molecule has 0 aliphatic carbocycles. The van der Waals surface area contributed by atoms with Gasteiger partial charge in [-0.3, -0.25) is 14.9 Å². The summed E-state index contributed by atoms with van der Waals surface area (Å²) in [6, 6.07) is 10.5. The van der Waals surface area contributed by atoms with Crippen LogP contribution < -0.4 is 14.8 Å². The van der Waals surface area contributed by atoms with Gasteiger partial charge in [0.15, 0.2) is 0 Å². The number of nitrogens with one attached hydrogen (secondary N) is 4. The van der Waals surface area contributed by atoms with Crippen molar-refractivity contribution in [1.82, 2.24) is 25.7 Å². The molecule has 186 valence electrons. The number of sulfonamides is 1. The highest BCUT2D eigenvalue weighted by Gasteiger charge is 2.35. The number of aromatic amines is 2. The van der Waals surface area contributed by atoms with E-state index in [0.29, 0.717) is 17.9 Å². The highest BCUT2D eigenvalue weighted by molar-refractivity contribution is 7.92. The lowest BCUT2D eigenvalue weighted by molar-refractivity contribution is -0.139. The van der Waals surface area contributed by atoms with Crippen molar-refractivity contribution in [3.05, 3.63) is 66.1 Å². The number of nitrogens with zero attached hydrogens (tertiary/aromatic N) is 2. The quantitative estimate of drug-likeness (QED) is 0.206. The predicted octanol–water partition coefficient (Wildman–Crippen LogP) is 2.81. The molecule has 0 radical (unpaired) electrons. The number of fused-ring (bicyclic) bond motifs is 1. The Bertz CT molecular complexity index is 1390. The third-order valence-corrected chi connectivity index (χ3v) is 6.35.